The van der Waals surface area contributed by atoms with Gasteiger partial charge in [0.1, 0.15) is 11.8 Å². The van der Waals surface area contributed by atoms with Gasteiger partial charge >= 0.3 is 5.69 Å². The Bertz CT molecular complexity index is 2130. The molecule has 0 aliphatic carbocycles. The quantitative estimate of drug-likeness (QED) is 0.280. The molecule has 6 rings (SSSR count). The minimum atomic E-state index is -0.523. The van der Waals surface area contributed by atoms with Gasteiger partial charge in [0.2, 0.25) is 5.82 Å². The van der Waals surface area contributed by atoms with Crippen LogP contribution in [0.15, 0.2) is 71.9 Å². The number of rotatable bonds is 7. The number of carbonyl (C=O) groups is 3. The Hall–Kier alpha value is -6.36. The second-order valence-corrected chi connectivity index (χ2v) is 10.8. The molecule has 2 aromatic carbocycles. The summed E-state index contributed by atoms with van der Waals surface area (Å²) in [7, 11) is 3.25. The third-order valence-electron chi connectivity index (χ3n) is 7.62. The number of aromatic nitrogens is 6. The molecule has 0 fully saturated rings. The van der Waals surface area contributed by atoms with E-state index in [2.05, 4.69) is 25.7 Å². The zero-order chi connectivity index (χ0) is 32.7. The van der Waals surface area contributed by atoms with E-state index < -0.39 is 17.6 Å². The van der Waals surface area contributed by atoms with Gasteiger partial charge in [0.15, 0.2) is 5.82 Å². The molecule has 0 spiro atoms. The Balaban J connectivity index is 1.29. The molecule has 0 saturated heterocycles. The van der Waals surface area contributed by atoms with Crippen LogP contribution in [-0.4, -0.2) is 46.6 Å². The third-order valence-corrected chi connectivity index (χ3v) is 7.62. The van der Waals surface area contributed by atoms with Crippen LogP contribution in [0, 0.1) is 18.3 Å². The fourth-order valence-electron chi connectivity index (χ4n) is 5.58. The average molecular weight is 617 g/mol. The minimum Gasteiger partial charge on any atom is -0.338 e. The van der Waals surface area contributed by atoms with E-state index >= 15 is 0 Å². The minimum absolute atomic E-state index is 0.0621. The van der Waals surface area contributed by atoms with Gasteiger partial charge in [-0.3, -0.25) is 14.4 Å². The highest BCUT2D eigenvalue weighted by atomic mass is 16.2. The monoisotopic (exact) mass is 616 g/mol. The van der Waals surface area contributed by atoms with Gasteiger partial charge in [-0.1, -0.05) is 13.0 Å². The Labute approximate surface area is 262 Å². The second-order valence-electron chi connectivity index (χ2n) is 10.8. The molecule has 3 amide bonds. The number of nitrogens with one attached hydrogen (secondary N) is 2. The maximum absolute atomic E-state index is 13.8. The maximum Gasteiger partial charge on any atom is 0.351 e. The van der Waals surface area contributed by atoms with E-state index in [0.29, 0.717) is 51.7 Å². The first-order valence-electron chi connectivity index (χ1n) is 14.3. The van der Waals surface area contributed by atoms with E-state index in [-0.39, 0.29) is 23.3 Å². The number of nitrogens with zero attached hydrogens (tertiary/aromatic N) is 8. The van der Waals surface area contributed by atoms with Crippen LogP contribution >= 0.6 is 0 Å². The van der Waals surface area contributed by atoms with Gasteiger partial charge in [-0.15, -0.1) is 5.10 Å². The largest absolute Gasteiger partial charge is 0.351 e. The van der Waals surface area contributed by atoms with Gasteiger partial charge in [0.05, 0.1) is 18.1 Å². The lowest BCUT2D eigenvalue weighted by Crippen LogP contribution is -2.28. The SMILES string of the molecule is CC[C@@H]1c2c(cc(C)nc2C(=O)Nc2cccc(C(=O)Nc3cn(C)cn3)c2)C(=O)N1c1ccc(-n2c(C#N)nn(C)c2=O)cc1. The lowest BCUT2D eigenvalue weighted by Gasteiger charge is -2.25. The van der Waals surface area contributed by atoms with Crippen LogP contribution in [0.5, 0.6) is 0 Å². The fraction of sp³-hybridized carbons (Fsp3) is 0.188. The highest BCUT2D eigenvalue weighted by molar-refractivity contribution is 6.15. The van der Waals surface area contributed by atoms with Crippen molar-refractivity contribution in [3.63, 3.8) is 0 Å². The zero-order valence-electron chi connectivity index (χ0n) is 25.3. The number of hydrogen-bond donors (Lipinski definition) is 2. The number of aryl methyl sites for hydroxylation is 3. The van der Waals surface area contributed by atoms with Crippen LogP contribution in [0.2, 0.25) is 0 Å². The van der Waals surface area contributed by atoms with Crippen molar-refractivity contribution >= 4 is 34.9 Å². The number of fused-ring (bicyclic) bond motifs is 1. The van der Waals surface area contributed by atoms with Gasteiger partial charge in [0, 0.05) is 54.1 Å². The topological polar surface area (TPSA) is 173 Å². The summed E-state index contributed by atoms with van der Waals surface area (Å²) < 4.78 is 3.98. The van der Waals surface area contributed by atoms with Crippen molar-refractivity contribution in [1.29, 1.82) is 5.26 Å². The zero-order valence-corrected chi connectivity index (χ0v) is 25.3. The first kappa shape index (κ1) is 29.7. The molecule has 230 valence electrons. The van der Waals surface area contributed by atoms with Crippen molar-refractivity contribution in [2.75, 3.05) is 15.5 Å². The van der Waals surface area contributed by atoms with E-state index in [1.54, 1.807) is 90.6 Å². The summed E-state index contributed by atoms with van der Waals surface area (Å²) in [5.41, 5.74) is 2.65. The molecule has 0 saturated carbocycles. The van der Waals surface area contributed by atoms with Gasteiger partial charge in [-0.05, 0) is 61.9 Å². The van der Waals surface area contributed by atoms with Crippen molar-refractivity contribution in [3.8, 4) is 11.8 Å². The highest BCUT2D eigenvalue weighted by Crippen LogP contribution is 2.41. The van der Waals surface area contributed by atoms with Crippen LogP contribution in [0.1, 0.15) is 67.7 Å². The van der Waals surface area contributed by atoms with Gasteiger partial charge < -0.3 is 20.1 Å². The van der Waals surface area contributed by atoms with Crippen molar-refractivity contribution in [2.24, 2.45) is 14.1 Å². The summed E-state index contributed by atoms with van der Waals surface area (Å²) >= 11 is 0. The van der Waals surface area contributed by atoms with Crippen LogP contribution in [0.4, 0.5) is 17.2 Å². The summed E-state index contributed by atoms with van der Waals surface area (Å²) in [5.74, 6) is -0.870. The highest BCUT2D eigenvalue weighted by Gasteiger charge is 2.40. The third kappa shape index (κ3) is 5.19. The molecule has 0 radical (unpaired) electrons. The van der Waals surface area contributed by atoms with E-state index in [9.17, 15) is 24.4 Å². The standard InChI is InChI=1S/C32H28N10O4/c1-5-24-27-23(31(45)41(24)21-9-11-22(12-10-21)42-26(15-33)38-40(4)32(42)46)13-18(2)35-28(27)30(44)36-20-8-6-7-19(14-20)29(43)37-25-16-39(3)17-34-25/h6-14,16-17,24H,5H2,1-4H3,(H,36,44)(H,37,43)/t24-/m1/s1. The second kappa shape index (κ2) is 11.6. The molecule has 5 aromatic rings. The van der Waals surface area contributed by atoms with Gasteiger partial charge in [-0.2, -0.15) is 5.26 Å². The van der Waals surface area contributed by atoms with Crippen molar-refractivity contribution in [2.45, 2.75) is 26.3 Å². The van der Waals surface area contributed by atoms with Crippen molar-refractivity contribution in [3.05, 3.63) is 112 Å². The molecule has 3 aromatic heterocycles. The molecule has 4 heterocycles. The summed E-state index contributed by atoms with van der Waals surface area (Å²) in [5, 5.41) is 18.9. The average Bonchev–Trinajstić information content (AvgIpc) is 3.68. The number of pyridine rings is 1. The molecule has 2 N–H and O–H groups in total. The number of anilines is 3. The number of hydrogen-bond acceptors (Lipinski definition) is 8. The summed E-state index contributed by atoms with van der Waals surface area (Å²) in [4.78, 5) is 63.2. The number of carbonyl (C=O) groups excluding carboxylic acids is 3. The summed E-state index contributed by atoms with van der Waals surface area (Å²) in [6, 6.07) is 16.2. The molecule has 0 bridgehead atoms. The smallest absolute Gasteiger partial charge is 0.338 e. The molecule has 14 heteroatoms. The molecule has 1 aliphatic rings. The van der Waals surface area contributed by atoms with Gasteiger partial charge in [0.25, 0.3) is 17.7 Å². The molecular weight excluding hydrogens is 588 g/mol. The van der Waals surface area contributed by atoms with Crippen LogP contribution in [0.25, 0.3) is 5.69 Å². The van der Waals surface area contributed by atoms with E-state index in [0.717, 1.165) is 4.68 Å². The van der Waals surface area contributed by atoms with Crippen molar-refractivity contribution < 1.29 is 14.4 Å². The summed E-state index contributed by atoms with van der Waals surface area (Å²) in [6.45, 7) is 3.62. The van der Waals surface area contributed by atoms with E-state index in [4.69, 9.17) is 0 Å². The molecular formula is C32H28N10O4. The Kier molecular flexibility index (Phi) is 7.50. The lowest BCUT2D eigenvalue weighted by atomic mass is 9.99. The molecule has 46 heavy (non-hydrogen) atoms. The molecule has 14 nitrogen and oxygen atoms in total. The van der Waals surface area contributed by atoms with E-state index in [1.807, 2.05) is 13.0 Å². The van der Waals surface area contributed by atoms with Crippen LogP contribution in [0.3, 0.4) is 0 Å². The lowest BCUT2D eigenvalue weighted by molar-refractivity contribution is 0.0988. The van der Waals surface area contributed by atoms with Gasteiger partial charge in [-0.25, -0.2) is 24.0 Å². The number of imidazole rings is 1. The predicted octanol–water partition coefficient (Wildman–Crippen LogP) is 3.50. The first-order valence-corrected chi connectivity index (χ1v) is 14.3. The fourth-order valence-corrected chi connectivity index (χ4v) is 5.58. The maximum atomic E-state index is 13.8. The van der Waals surface area contributed by atoms with E-state index in [1.165, 1.54) is 11.6 Å². The van der Waals surface area contributed by atoms with Crippen molar-refractivity contribution in [1.82, 2.24) is 28.9 Å². The predicted molar refractivity (Wildman–Crippen MR) is 168 cm³/mol. The number of nitriles is 1. The summed E-state index contributed by atoms with van der Waals surface area (Å²) in [6.07, 6.45) is 3.72. The number of benzene rings is 2. The first-order chi connectivity index (χ1) is 22.1. The molecule has 1 atom stereocenters. The van der Waals surface area contributed by atoms with Crippen LogP contribution < -0.4 is 21.2 Å². The number of amides is 3. The Morgan fingerprint density at radius 1 is 1.00 bits per heavy atom. The Morgan fingerprint density at radius 3 is 2.41 bits per heavy atom. The molecule has 0 unspecified atom stereocenters. The molecule has 1 aliphatic heterocycles. The van der Waals surface area contributed by atoms with Crippen LogP contribution in [-0.2, 0) is 14.1 Å². The Morgan fingerprint density at radius 2 is 1.74 bits per heavy atom. The normalized spacial score (nSPS) is 13.8.